The lowest BCUT2D eigenvalue weighted by Gasteiger charge is -2.24. The molecule has 0 saturated carbocycles. The highest BCUT2D eigenvalue weighted by Crippen LogP contribution is 2.06. The minimum Gasteiger partial charge on any atom is -0.481 e. The summed E-state index contributed by atoms with van der Waals surface area (Å²) in [5.41, 5.74) is 16.3. The molecule has 0 aromatic heterocycles. The van der Waals surface area contributed by atoms with Gasteiger partial charge in [0.15, 0.2) is 5.96 Å². The first-order valence-corrected chi connectivity index (χ1v) is 11.9. The summed E-state index contributed by atoms with van der Waals surface area (Å²) < 4.78 is 0. The minimum atomic E-state index is -1.27. The zero-order valence-electron chi connectivity index (χ0n) is 19.3. The van der Waals surface area contributed by atoms with E-state index in [-0.39, 0.29) is 31.8 Å². The van der Waals surface area contributed by atoms with Gasteiger partial charge in [0.25, 0.3) is 0 Å². The van der Waals surface area contributed by atoms with E-state index in [4.69, 9.17) is 27.4 Å². The number of guanidine groups is 1. The Morgan fingerprint density at radius 2 is 1.47 bits per heavy atom. The van der Waals surface area contributed by atoms with Crippen molar-refractivity contribution in [3.05, 3.63) is 0 Å². The van der Waals surface area contributed by atoms with Crippen LogP contribution < -0.4 is 33.2 Å². The molecule has 34 heavy (non-hydrogen) atoms. The predicted octanol–water partition coefficient (Wildman–Crippen LogP) is -2.46. The van der Waals surface area contributed by atoms with E-state index in [0.717, 1.165) is 0 Å². The first kappa shape index (κ1) is 30.9. The molecule has 0 fully saturated rings. The zero-order valence-corrected chi connectivity index (χ0v) is 20.1. The van der Waals surface area contributed by atoms with E-state index in [1.807, 2.05) is 0 Å². The number of thioether (sulfide) groups is 1. The maximum Gasteiger partial charge on any atom is 0.325 e. The van der Waals surface area contributed by atoms with Gasteiger partial charge >= 0.3 is 11.9 Å². The second kappa shape index (κ2) is 16.5. The second-order valence-electron chi connectivity index (χ2n) is 7.46. The Kier molecular flexibility index (Phi) is 15.0. The molecule has 0 aromatic rings. The van der Waals surface area contributed by atoms with Crippen molar-refractivity contribution in [2.24, 2.45) is 22.2 Å². The standard InChI is InChI=1S/C19H35N7O7S/c1-10(18(32)33)24-16(30)13(7-9-34-2)26-17(31)12(5-6-14(27)28)25-15(29)11(20)4-3-8-23-19(21)22/h10-13H,3-9,20H2,1-2H3,(H,24,30)(H,25,29)(H,26,31)(H,27,28)(H,32,33)(H4,21,22,23). The highest BCUT2D eigenvalue weighted by Gasteiger charge is 2.29. The van der Waals surface area contributed by atoms with Gasteiger partial charge in [-0.2, -0.15) is 11.8 Å². The third-order valence-electron chi connectivity index (χ3n) is 4.56. The van der Waals surface area contributed by atoms with Crippen LogP contribution >= 0.6 is 11.8 Å². The van der Waals surface area contributed by atoms with Gasteiger partial charge in [0.05, 0.1) is 6.04 Å². The number of amides is 3. The van der Waals surface area contributed by atoms with Crippen LogP contribution in [0.1, 0.15) is 39.0 Å². The summed E-state index contributed by atoms with van der Waals surface area (Å²) in [6, 6.07) is -4.53. The third-order valence-corrected chi connectivity index (χ3v) is 5.20. The van der Waals surface area contributed by atoms with E-state index >= 15 is 0 Å². The van der Waals surface area contributed by atoms with E-state index < -0.39 is 60.2 Å². The summed E-state index contributed by atoms with van der Waals surface area (Å²) in [4.78, 5) is 63.6. The molecule has 194 valence electrons. The molecule has 4 unspecified atom stereocenters. The topological polar surface area (TPSA) is 252 Å². The summed E-state index contributed by atoms with van der Waals surface area (Å²) in [5.74, 6) is -4.22. The van der Waals surface area contributed by atoms with Crippen LogP contribution in [-0.2, 0) is 24.0 Å². The van der Waals surface area contributed by atoms with Crippen LogP contribution in [0.25, 0.3) is 0 Å². The van der Waals surface area contributed by atoms with Gasteiger partial charge in [0, 0.05) is 13.0 Å². The van der Waals surface area contributed by atoms with Crippen LogP contribution in [0.3, 0.4) is 0 Å². The SMILES string of the molecule is CSCCC(NC(=O)C(CCC(=O)O)NC(=O)C(N)CCCN=C(N)N)C(=O)NC(C)C(=O)O. The quantitative estimate of drug-likeness (QED) is 0.0584. The Balaban J connectivity index is 5.28. The Bertz CT molecular complexity index is 747. The van der Waals surface area contributed by atoms with Crippen molar-refractivity contribution < 1.29 is 34.2 Å². The molecule has 0 bridgehead atoms. The maximum atomic E-state index is 12.8. The molecular weight excluding hydrogens is 470 g/mol. The number of rotatable bonds is 17. The fourth-order valence-electron chi connectivity index (χ4n) is 2.62. The van der Waals surface area contributed by atoms with E-state index in [1.54, 1.807) is 6.26 Å². The van der Waals surface area contributed by atoms with Gasteiger partial charge in [0.1, 0.15) is 18.1 Å². The Morgan fingerprint density at radius 3 is 2.00 bits per heavy atom. The maximum absolute atomic E-state index is 12.8. The van der Waals surface area contributed by atoms with Gasteiger partial charge in [-0.3, -0.25) is 29.0 Å². The zero-order chi connectivity index (χ0) is 26.3. The molecule has 0 aliphatic heterocycles. The molecular formula is C19H35N7O7S. The van der Waals surface area contributed by atoms with E-state index in [0.29, 0.717) is 12.2 Å². The van der Waals surface area contributed by atoms with Gasteiger partial charge in [-0.25, -0.2) is 0 Å². The van der Waals surface area contributed by atoms with Gasteiger partial charge in [-0.1, -0.05) is 0 Å². The fraction of sp³-hybridized carbons (Fsp3) is 0.684. The summed E-state index contributed by atoms with van der Waals surface area (Å²) in [6.07, 6.45) is 1.93. The molecule has 11 N–H and O–H groups in total. The molecule has 0 rings (SSSR count). The molecule has 0 saturated heterocycles. The number of carboxylic acid groups (broad SMARTS) is 2. The van der Waals surface area contributed by atoms with Crippen molar-refractivity contribution in [2.75, 3.05) is 18.6 Å². The Hall–Kier alpha value is -3.07. The second-order valence-corrected chi connectivity index (χ2v) is 8.45. The molecule has 0 radical (unpaired) electrons. The third kappa shape index (κ3) is 13.5. The van der Waals surface area contributed by atoms with Gasteiger partial charge in [-0.05, 0) is 44.6 Å². The molecule has 0 spiro atoms. The Labute approximate surface area is 201 Å². The minimum absolute atomic E-state index is 0.0961. The lowest BCUT2D eigenvalue weighted by atomic mass is 10.1. The van der Waals surface area contributed by atoms with Crippen LogP contribution in [0, 0.1) is 0 Å². The summed E-state index contributed by atoms with van der Waals surface area (Å²) in [6.45, 7) is 1.53. The van der Waals surface area contributed by atoms with Crippen LogP contribution in [0.4, 0.5) is 0 Å². The molecule has 15 heteroatoms. The first-order chi connectivity index (χ1) is 15.9. The monoisotopic (exact) mass is 505 g/mol. The van der Waals surface area contributed by atoms with Crippen molar-refractivity contribution in [1.29, 1.82) is 0 Å². The van der Waals surface area contributed by atoms with Crippen LogP contribution in [0.2, 0.25) is 0 Å². The van der Waals surface area contributed by atoms with E-state index in [9.17, 15) is 24.0 Å². The molecule has 0 aliphatic rings. The highest BCUT2D eigenvalue weighted by molar-refractivity contribution is 7.98. The molecule has 3 amide bonds. The number of carboxylic acids is 2. The number of hydrogen-bond donors (Lipinski definition) is 8. The summed E-state index contributed by atoms with van der Waals surface area (Å²) in [5, 5.41) is 25.2. The molecule has 0 heterocycles. The normalized spacial score (nSPS) is 14.1. The molecule has 14 nitrogen and oxygen atoms in total. The van der Waals surface area contributed by atoms with E-state index in [2.05, 4.69) is 20.9 Å². The molecule has 0 aromatic carbocycles. The lowest BCUT2D eigenvalue weighted by Crippen LogP contribution is -2.57. The molecule has 0 aliphatic carbocycles. The largest absolute Gasteiger partial charge is 0.481 e. The Morgan fingerprint density at radius 1 is 0.912 bits per heavy atom. The number of aliphatic imine (C=N–C) groups is 1. The number of nitrogens with zero attached hydrogens (tertiary/aromatic N) is 1. The van der Waals surface area contributed by atoms with Gasteiger partial charge in [-0.15, -0.1) is 0 Å². The van der Waals surface area contributed by atoms with Crippen molar-refractivity contribution in [3.63, 3.8) is 0 Å². The number of carbonyl (C=O) groups is 5. The molecule has 4 atom stereocenters. The van der Waals surface area contributed by atoms with Crippen molar-refractivity contribution in [2.45, 2.75) is 63.2 Å². The average Bonchev–Trinajstić information content (AvgIpc) is 2.75. The average molecular weight is 506 g/mol. The van der Waals surface area contributed by atoms with Crippen molar-refractivity contribution >= 4 is 47.4 Å². The predicted molar refractivity (Wildman–Crippen MR) is 127 cm³/mol. The van der Waals surface area contributed by atoms with E-state index in [1.165, 1.54) is 18.7 Å². The van der Waals surface area contributed by atoms with Crippen LogP contribution in [-0.4, -0.2) is 88.6 Å². The summed E-state index contributed by atoms with van der Waals surface area (Å²) >= 11 is 1.41. The van der Waals surface area contributed by atoms with Crippen molar-refractivity contribution in [3.8, 4) is 0 Å². The highest BCUT2D eigenvalue weighted by atomic mass is 32.2. The smallest absolute Gasteiger partial charge is 0.325 e. The number of aliphatic carboxylic acids is 2. The summed E-state index contributed by atoms with van der Waals surface area (Å²) in [7, 11) is 0. The first-order valence-electron chi connectivity index (χ1n) is 10.5. The number of nitrogens with two attached hydrogens (primary N) is 3. The van der Waals surface area contributed by atoms with Crippen molar-refractivity contribution in [1.82, 2.24) is 16.0 Å². The van der Waals surface area contributed by atoms with Crippen LogP contribution in [0.5, 0.6) is 0 Å². The van der Waals surface area contributed by atoms with Gasteiger partial charge in [0.2, 0.25) is 17.7 Å². The lowest BCUT2D eigenvalue weighted by molar-refractivity contribution is -0.141. The number of nitrogens with one attached hydrogen (secondary N) is 3. The fourth-order valence-corrected chi connectivity index (χ4v) is 3.09. The van der Waals surface area contributed by atoms with Gasteiger partial charge < -0.3 is 43.4 Å². The number of carbonyl (C=O) groups excluding carboxylic acids is 3. The van der Waals surface area contributed by atoms with Crippen LogP contribution in [0.15, 0.2) is 4.99 Å². The number of hydrogen-bond acceptors (Lipinski definition) is 8.